The van der Waals surface area contributed by atoms with Crippen LogP contribution in [-0.4, -0.2) is 15.3 Å². The van der Waals surface area contributed by atoms with Crippen LogP contribution in [0.25, 0.3) is 0 Å². The smallest absolute Gasteiger partial charge is 0.249 e. The molecule has 0 unspecified atom stereocenters. The third-order valence-electron chi connectivity index (χ3n) is 1.98. The standard InChI is InChI=1S/C10H10N4OS2/c1-5-13-10(17-14-5)16-8-3-2-6(11)4-7(8)9(12)15/h2-4H,11H2,1H3,(H2,12,15). The van der Waals surface area contributed by atoms with Crippen molar-refractivity contribution in [3.63, 3.8) is 0 Å². The Morgan fingerprint density at radius 3 is 2.82 bits per heavy atom. The van der Waals surface area contributed by atoms with E-state index in [-0.39, 0.29) is 0 Å². The molecule has 1 amide bonds. The molecule has 0 bridgehead atoms. The van der Waals surface area contributed by atoms with Crippen LogP contribution < -0.4 is 11.5 Å². The first-order chi connectivity index (χ1) is 8.06. The number of anilines is 1. The lowest BCUT2D eigenvalue weighted by Crippen LogP contribution is -2.12. The van der Waals surface area contributed by atoms with Crippen molar-refractivity contribution in [3.8, 4) is 0 Å². The Kier molecular flexibility index (Phi) is 3.30. The third kappa shape index (κ3) is 2.75. The number of aryl methyl sites for hydroxylation is 1. The minimum atomic E-state index is -0.499. The minimum Gasteiger partial charge on any atom is -0.399 e. The summed E-state index contributed by atoms with van der Waals surface area (Å²) in [5.74, 6) is 0.217. The van der Waals surface area contributed by atoms with Crippen LogP contribution in [0.1, 0.15) is 16.2 Å². The maximum atomic E-state index is 11.3. The zero-order chi connectivity index (χ0) is 12.4. The van der Waals surface area contributed by atoms with Crippen LogP contribution in [0.2, 0.25) is 0 Å². The Bertz CT molecular complexity index is 567. The molecule has 0 spiro atoms. The molecule has 4 N–H and O–H groups in total. The van der Waals surface area contributed by atoms with E-state index in [1.54, 1.807) is 18.2 Å². The van der Waals surface area contributed by atoms with Crippen LogP contribution >= 0.6 is 23.3 Å². The summed E-state index contributed by atoms with van der Waals surface area (Å²) in [7, 11) is 0. The van der Waals surface area contributed by atoms with E-state index in [0.717, 1.165) is 9.24 Å². The summed E-state index contributed by atoms with van der Waals surface area (Å²) < 4.78 is 4.85. The van der Waals surface area contributed by atoms with Gasteiger partial charge < -0.3 is 11.5 Å². The molecule has 0 aliphatic heterocycles. The van der Waals surface area contributed by atoms with Crippen molar-refractivity contribution in [3.05, 3.63) is 29.6 Å². The molecule has 0 radical (unpaired) electrons. The van der Waals surface area contributed by atoms with E-state index in [2.05, 4.69) is 9.36 Å². The number of nitrogens with zero attached hydrogens (tertiary/aromatic N) is 2. The number of rotatable bonds is 3. The number of nitrogens with two attached hydrogens (primary N) is 2. The third-order valence-corrected chi connectivity index (χ3v) is 3.89. The second-order valence-corrected chi connectivity index (χ2v) is 5.37. The molecule has 17 heavy (non-hydrogen) atoms. The van der Waals surface area contributed by atoms with Crippen molar-refractivity contribution in [2.45, 2.75) is 16.2 Å². The molecule has 0 aliphatic rings. The van der Waals surface area contributed by atoms with Gasteiger partial charge in [0.25, 0.3) is 0 Å². The Morgan fingerprint density at radius 2 is 2.24 bits per heavy atom. The van der Waals surface area contributed by atoms with E-state index in [1.165, 1.54) is 23.3 Å². The van der Waals surface area contributed by atoms with E-state index in [1.807, 2.05) is 6.92 Å². The molecule has 1 aromatic carbocycles. The van der Waals surface area contributed by atoms with Crippen molar-refractivity contribution < 1.29 is 4.79 Å². The molecule has 0 fully saturated rings. The molecule has 88 valence electrons. The summed E-state index contributed by atoms with van der Waals surface area (Å²) in [4.78, 5) is 16.2. The van der Waals surface area contributed by atoms with Crippen molar-refractivity contribution in [1.29, 1.82) is 0 Å². The van der Waals surface area contributed by atoms with Gasteiger partial charge in [0.05, 0.1) is 5.56 Å². The van der Waals surface area contributed by atoms with Gasteiger partial charge in [0.15, 0.2) is 4.34 Å². The number of benzene rings is 1. The normalized spacial score (nSPS) is 10.4. The summed E-state index contributed by atoms with van der Waals surface area (Å²) in [6, 6.07) is 5.05. The first kappa shape index (κ1) is 11.9. The molecular formula is C10H10N4OS2. The quantitative estimate of drug-likeness (QED) is 0.824. The second kappa shape index (κ2) is 4.72. The molecule has 1 heterocycles. The maximum Gasteiger partial charge on any atom is 0.249 e. The van der Waals surface area contributed by atoms with Crippen molar-refractivity contribution >= 4 is 34.9 Å². The zero-order valence-electron chi connectivity index (χ0n) is 9.01. The molecular weight excluding hydrogens is 256 g/mol. The second-order valence-electron chi connectivity index (χ2n) is 3.33. The van der Waals surface area contributed by atoms with Crippen LogP contribution in [-0.2, 0) is 0 Å². The van der Waals surface area contributed by atoms with Gasteiger partial charge in [0, 0.05) is 10.6 Å². The van der Waals surface area contributed by atoms with Gasteiger partial charge in [0.1, 0.15) is 5.82 Å². The molecule has 0 atom stereocenters. The number of carbonyl (C=O) groups excluding carboxylic acids is 1. The number of primary amides is 1. The average molecular weight is 266 g/mol. The van der Waals surface area contributed by atoms with Crippen molar-refractivity contribution in [1.82, 2.24) is 9.36 Å². The predicted molar refractivity (Wildman–Crippen MR) is 68.1 cm³/mol. The summed E-state index contributed by atoms with van der Waals surface area (Å²) in [5, 5.41) is 0. The van der Waals surface area contributed by atoms with Gasteiger partial charge in [-0.25, -0.2) is 4.98 Å². The van der Waals surface area contributed by atoms with Crippen LogP contribution in [0.4, 0.5) is 5.69 Å². The lowest BCUT2D eigenvalue weighted by molar-refractivity contribution is 0.0997. The van der Waals surface area contributed by atoms with Gasteiger partial charge in [-0.3, -0.25) is 4.79 Å². The number of carbonyl (C=O) groups is 1. The summed E-state index contributed by atoms with van der Waals surface area (Å²) in [6.45, 7) is 1.82. The topological polar surface area (TPSA) is 94.9 Å². The van der Waals surface area contributed by atoms with E-state index >= 15 is 0 Å². The van der Waals surface area contributed by atoms with Gasteiger partial charge in [-0.05, 0) is 36.7 Å². The van der Waals surface area contributed by atoms with Gasteiger partial charge in [-0.1, -0.05) is 11.8 Å². The van der Waals surface area contributed by atoms with Gasteiger partial charge in [-0.15, -0.1) is 0 Å². The highest BCUT2D eigenvalue weighted by atomic mass is 32.2. The van der Waals surface area contributed by atoms with Crippen LogP contribution in [0, 0.1) is 6.92 Å². The number of nitrogen functional groups attached to an aromatic ring is 1. The van der Waals surface area contributed by atoms with E-state index < -0.39 is 5.91 Å². The predicted octanol–water partition coefficient (Wildman–Crippen LogP) is 1.68. The first-order valence-corrected chi connectivity index (χ1v) is 6.33. The number of aromatic nitrogens is 2. The Labute approximate surface area is 106 Å². The first-order valence-electron chi connectivity index (χ1n) is 4.74. The van der Waals surface area contributed by atoms with E-state index in [0.29, 0.717) is 17.1 Å². The molecule has 0 saturated heterocycles. The lowest BCUT2D eigenvalue weighted by Gasteiger charge is -2.04. The van der Waals surface area contributed by atoms with Gasteiger partial charge in [-0.2, -0.15) is 4.37 Å². The van der Waals surface area contributed by atoms with Crippen LogP contribution in [0.15, 0.2) is 27.4 Å². The summed E-state index contributed by atoms with van der Waals surface area (Å²) in [5.41, 5.74) is 11.8. The fourth-order valence-electron chi connectivity index (χ4n) is 1.24. The summed E-state index contributed by atoms with van der Waals surface area (Å²) in [6.07, 6.45) is 0. The molecule has 0 aliphatic carbocycles. The number of hydrogen-bond acceptors (Lipinski definition) is 6. The monoisotopic (exact) mass is 266 g/mol. The Hall–Kier alpha value is -1.60. The highest BCUT2D eigenvalue weighted by Crippen LogP contribution is 2.32. The van der Waals surface area contributed by atoms with Crippen LogP contribution in [0.5, 0.6) is 0 Å². The molecule has 0 saturated carbocycles. The highest BCUT2D eigenvalue weighted by Gasteiger charge is 2.12. The molecule has 2 rings (SSSR count). The van der Waals surface area contributed by atoms with E-state index in [9.17, 15) is 4.79 Å². The Morgan fingerprint density at radius 1 is 1.47 bits per heavy atom. The number of hydrogen-bond donors (Lipinski definition) is 2. The van der Waals surface area contributed by atoms with Crippen molar-refractivity contribution in [2.24, 2.45) is 5.73 Å². The van der Waals surface area contributed by atoms with Crippen LogP contribution in [0.3, 0.4) is 0 Å². The van der Waals surface area contributed by atoms with Gasteiger partial charge in [0.2, 0.25) is 5.91 Å². The number of amides is 1. The summed E-state index contributed by atoms with van der Waals surface area (Å²) >= 11 is 2.65. The minimum absolute atomic E-state index is 0.405. The highest BCUT2D eigenvalue weighted by molar-refractivity contribution is 8.01. The Balaban J connectivity index is 2.35. The molecule has 5 nitrogen and oxygen atoms in total. The average Bonchev–Trinajstić information content (AvgIpc) is 2.66. The largest absolute Gasteiger partial charge is 0.399 e. The molecule has 7 heteroatoms. The SMILES string of the molecule is Cc1nsc(Sc2ccc(N)cc2C(N)=O)n1. The lowest BCUT2D eigenvalue weighted by atomic mass is 10.2. The van der Waals surface area contributed by atoms with Crippen molar-refractivity contribution in [2.75, 3.05) is 5.73 Å². The van der Waals surface area contributed by atoms with Gasteiger partial charge >= 0.3 is 0 Å². The molecule has 1 aromatic heterocycles. The molecule has 2 aromatic rings. The fourth-order valence-corrected chi connectivity index (χ4v) is 2.97. The maximum absolute atomic E-state index is 11.3. The van der Waals surface area contributed by atoms with E-state index in [4.69, 9.17) is 11.5 Å². The fraction of sp³-hybridized carbons (Fsp3) is 0.100. The zero-order valence-corrected chi connectivity index (χ0v) is 10.6.